The Balaban J connectivity index is 2.20. The molecule has 0 fully saturated rings. The Morgan fingerprint density at radius 2 is 1.95 bits per heavy atom. The van der Waals surface area contributed by atoms with E-state index in [0.717, 1.165) is 21.2 Å². The lowest BCUT2D eigenvalue weighted by atomic mass is 10.2. The van der Waals surface area contributed by atoms with Crippen LogP contribution in [0.25, 0.3) is 0 Å². The van der Waals surface area contributed by atoms with Crippen molar-refractivity contribution < 1.29 is 14.3 Å². The van der Waals surface area contributed by atoms with E-state index >= 15 is 0 Å². The minimum atomic E-state index is -0.489. The fraction of sp³-hybridized carbons (Fsp3) is 0.312. The third kappa shape index (κ3) is 3.98. The number of nitrogens with one attached hydrogen (secondary N) is 1. The third-order valence-corrected chi connectivity index (χ3v) is 4.03. The molecule has 1 aromatic carbocycles. The molecule has 0 bridgehead atoms. The van der Waals surface area contributed by atoms with Crippen molar-refractivity contribution >= 4 is 23.0 Å². The van der Waals surface area contributed by atoms with Gasteiger partial charge in [0.05, 0.1) is 13.7 Å². The predicted molar refractivity (Wildman–Crippen MR) is 85.0 cm³/mol. The van der Waals surface area contributed by atoms with E-state index in [0.29, 0.717) is 6.61 Å². The van der Waals surface area contributed by atoms with E-state index in [9.17, 15) is 4.79 Å². The molecule has 21 heavy (non-hydrogen) atoms. The summed E-state index contributed by atoms with van der Waals surface area (Å²) in [6, 6.07) is 10.9. The van der Waals surface area contributed by atoms with Crippen LogP contribution in [0.2, 0.25) is 0 Å². The van der Waals surface area contributed by atoms with Crippen molar-refractivity contribution in [3.63, 3.8) is 0 Å². The largest absolute Gasteiger partial charge is 0.497 e. The molecule has 1 atom stereocenters. The van der Waals surface area contributed by atoms with Gasteiger partial charge in [-0.25, -0.2) is 4.79 Å². The molecule has 1 unspecified atom stereocenters. The second-order valence-electron chi connectivity index (χ2n) is 4.51. The molecule has 1 aromatic heterocycles. The first-order valence-electron chi connectivity index (χ1n) is 6.77. The van der Waals surface area contributed by atoms with E-state index in [-0.39, 0.29) is 5.97 Å². The van der Waals surface area contributed by atoms with Gasteiger partial charge in [-0.05, 0) is 50.2 Å². The number of ether oxygens (including phenoxy) is 2. The zero-order valence-electron chi connectivity index (χ0n) is 12.4. The van der Waals surface area contributed by atoms with E-state index in [2.05, 4.69) is 5.32 Å². The highest BCUT2D eigenvalue weighted by atomic mass is 32.1. The van der Waals surface area contributed by atoms with Gasteiger partial charge >= 0.3 is 5.97 Å². The highest BCUT2D eigenvalue weighted by molar-refractivity contribution is 7.12. The molecule has 4 nitrogen and oxygen atoms in total. The summed E-state index contributed by atoms with van der Waals surface area (Å²) in [6.45, 7) is 4.19. The molecule has 2 rings (SSSR count). The Morgan fingerprint density at radius 1 is 1.24 bits per heavy atom. The summed E-state index contributed by atoms with van der Waals surface area (Å²) >= 11 is 1.59. The summed E-state index contributed by atoms with van der Waals surface area (Å²) in [5.41, 5.74) is 0.847. The summed E-state index contributed by atoms with van der Waals surface area (Å²) in [5, 5.41) is 3.22. The highest BCUT2D eigenvalue weighted by Crippen LogP contribution is 2.28. The Bertz CT molecular complexity index is 592. The molecule has 0 amide bonds. The van der Waals surface area contributed by atoms with Crippen molar-refractivity contribution in [2.24, 2.45) is 0 Å². The fourth-order valence-corrected chi connectivity index (χ4v) is 2.85. The Kier molecular flexibility index (Phi) is 5.22. The molecular weight excluding hydrogens is 286 g/mol. The molecule has 1 N–H and O–H groups in total. The normalized spacial score (nSPS) is 11.8. The molecule has 0 radical (unpaired) electrons. The van der Waals surface area contributed by atoms with Crippen LogP contribution in [0.1, 0.15) is 22.7 Å². The average molecular weight is 305 g/mol. The smallest absolute Gasteiger partial charge is 0.334 e. The topological polar surface area (TPSA) is 47.6 Å². The van der Waals surface area contributed by atoms with Gasteiger partial charge < -0.3 is 14.8 Å². The first-order valence-corrected chi connectivity index (χ1v) is 7.59. The lowest BCUT2D eigenvalue weighted by molar-refractivity contribution is -0.144. The van der Waals surface area contributed by atoms with Gasteiger partial charge in [-0.2, -0.15) is 0 Å². The number of aryl methyl sites for hydroxylation is 1. The zero-order chi connectivity index (χ0) is 15.2. The monoisotopic (exact) mass is 305 g/mol. The fourth-order valence-electron chi connectivity index (χ4n) is 1.93. The first-order chi connectivity index (χ1) is 10.1. The second-order valence-corrected chi connectivity index (χ2v) is 5.83. The lowest BCUT2D eigenvalue weighted by Gasteiger charge is -2.17. The quantitative estimate of drug-likeness (QED) is 0.825. The molecule has 0 spiro atoms. The minimum absolute atomic E-state index is 0.268. The van der Waals surface area contributed by atoms with Crippen molar-refractivity contribution in [1.29, 1.82) is 0 Å². The van der Waals surface area contributed by atoms with Crippen LogP contribution < -0.4 is 10.1 Å². The molecule has 5 heteroatoms. The number of benzene rings is 1. The Morgan fingerprint density at radius 3 is 2.48 bits per heavy atom. The van der Waals surface area contributed by atoms with Gasteiger partial charge in [0.2, 0.25) is 0 Å². The van der Waals surface area contributed by atoms with E-state index in [1.807, 2.05) is 50.2 Å². The van der Waals surface area contributed by atoms with E-state index in [1.54, 1.807) is 18.4 Å². The van der Waals surface area contributed by atoms with E-state index in [1.165, 1.54) is 0 Å². The van der Waals surface area contributed by atoms with Gasteiger partial charge in [-0.15, -0.1) is 11.3 Å². The first kappa shape index (κ1) is 15.4. The zero-order valence-corrected chi connectivity index (χ0v) is 13.2. The van der Waals surface area contributed by atoms with Gasteiger partial charge in [0.15, 0.2) is 6.04 Å². The summed E-state index contributed by atoms with van der Waals surface area (Å²) in [6.07, 6.45) is 0. The highest BCUT2D eigenvalue weighted by Gasteiger charge is 2.23. The van der Waals surface area contributed by atoms with Gasteiger partial charge in [0.1, 0.15) is 5.75 Å². The number of rotatable bonds is 6. The van der Waals surface area contributed by atoms with Crippen LogP contribution in [0, 0.1) is 6.92 Å². The number of esters is 1. The number of hydrogen-bond acceptors (Lipinski definition) is 5. The molecule has 1 heterocycles. The van der Waals surface area contributed by atoms with Crippen molar-refractivity contribution in [2.45, 2.75) is 19.9 Å². The van der Waals surface area contributed by atoms with Crippen molar-refractivity contribution in [1.82, 2.24) is 0 Å². The van der Waals surface area contributed by atoms with Gasteiger partial charge in [0.25, 0.3) is 0 Å². The molecule has 0 saturated carbocycles. The number of carbonyl (C=O) groups excluding carboxylic acids is 1. The van der Waals surface area contributed by atoms with Crippen molar-refractivity contribution in [3.05, 3.63) is 46.2 Å². The van der Waals surface area contributed by atoms with E-state index < -0.39 is 6.04 Å². The second kappa shape index (κ2) is 7.13. The van der Waals surface area contributed by atoms with Gasteiger partial charge in [-0.3, -0.25) is 0 Å². The molecule has 0 aliphatic carbocycles. The van der Waals surface area contributed by atoms with Crippen LogP contribution in [-0.4, -0.2) is 19.7 Å². The summed E-state index contributed by atoms with van der Waals surface area (Å²) < 4.78 is 10.3. The number of thiophene rings is 1. The maximum absolute atomic E-state index is 12.2. The van der Waals surface area contributed by atoms with Gasteiger partial charge in [0, 0.05) is 15.4 Å². The standard InChI is InChI=1S/C16H19NO3S/c1-4-20-16(18)15(14-10-5-11(2)21-14)17-12-6-8-13(19-3)9-7-12/h5-10,15,17H,4H2,1-3H3. The maximum atomic E-state index is 12.2. The van der Waals surface area contributed by atoms with Crippen LogP contribution in [0.15, 0.2) is 36.4 Å². The maximum Gasteiger partial charge on any atom is 0.334 e. The number of carbonyl (C=O) groups is 1. The number of hydrogen-bond donors (Lipinski definition) is 1. The Labute approximate surface area is 128 Å². The Hall–Kier alpha value is -2.01. The van der Waals surface area contributed by atoms with Crippen LogP contribution in [0.5, 0.6) is 5.75 Å². The summed E-state index contributed by atoms with van der Waals surface area (Å²) in [5.74, 6) is 0.510. The number of methoxy groups -OCH3 is 1. The van der Waals surface area contributed by atoms with Gasteiger partial charge in [-0.1, -0.05) is 0 Å². The van der Waals surface area contributed by atoms with Crippen LogP contribution in [0.4, 0.5) is 5.69 Å². The third-order valence-electron chi connectivity index (χ3n) is 2.97. The summed E-state index contributed by atoms with van der Waals surface area (Å²) in [4.78, 5) is 14.3. The van der Waals surface area contributed by atoms with Crippen LogP contribution >= 0.6 is 11.3 Å². The van der Waals surface area contributed by atoms with E-state index in [4.69, 9.17) is 9.47 Å². The predicted octanol–water partition coefficient (Wildman–Crippen LogP) is 3.78. The molecule has 0 saturated heterocycles. The molecular formula is C16H19NO3S. The SMILES string of the molecule is CCOC(=O)C(Nc1ccc(OC)cc1)c1ccc(C)s1. The van der Waals surface area contributed by atoms with Crippen molar-refractivity contribution in [3.8, 4) is 5.75 Å². The van der Waals surface area contributed by atoms with Crippen molar-refractivity contribution in [2.75, 3.05) is 19.0 Å². The molecule has 112 valence electrons. The molecule has 2 aromatic rings. The number of anilines is 1. The lowest BCUT2D eigenvalue weighted by Crippen LogP contribution is -2.22. The molecule has 0 aliphatic heterocycles. The minimum Gasteiger partial charge on any atom is -0.497 e. The molecule has 0 aliphatic rings. The van der Waals surface area contributed by atoms with Crippen LogP contribution in [0.3, 0.4) is 0 Å². The van der Waals surface area contributed by atoms with Crippen LogP contribution in [-0.2, 0) is 9.53 Å². The average Bonchev–Trinajstić information content (AvgIpc) is 2.92. The summed E-state index contributed by atoms with van der Waals surface area (Å²) in [7, 11) is 1.62.